The fraction of sp³-hybridized carbons (Fsp3) is 0.133. The molecule has 0 spiro atoms. The number of nitrogens with one attached hydrogen (secondary N) is 1. The van der Waals surface area contributed by atoms with Crippen molar-refractivity contribution in [2.75, 3.05) is 15.6 Å². The van der Waals surface area contributed by atoms with Gasteiger partial charge in [0.2, 0.25) is 0 Å². The van der Waals surface area contributed by atoms with Gasteiger partial charge in [-0.25, -0.2) is 0 Å². The Morgan fingerprint density at radius 2 is 1.81 bits per heavy atom. The number of nitrogens with zero attached hydrogens (tertiary/aromatic N) is 2. The van der Waals surface area contributed by atoms with E-state index in [1.165, 1.54) is 4.31 Å². The second-order valence-corrected chi connectivity index (χ2v) is 6.34. The summed E-state index contributed by atoms with van der Waals surface area (Å²) in [5, 5.41) is 8.75. The standard InChI is InChI=1S/C15H13N3O2S/c16-11-12-5-7-14(8-6-12)17-21(19,20)18-10-9-13-3-1-2-4-15(13)18/h1-8,17H,9-10H2. The lowest BCUT2D eigenvalue weighted by molar-refractivity contribution is 0.597. The minimum atomic E-state index is -3.65. The highest BCUT2D eigenvalue weighted by atomic mass is 32.2. The van der Waals surface area contributed by atoms with Gasteiger partial charge in [0.05, 0.1) is 23.0 Å². The van der Waals surface area contributed by atoms with Crippen LogP contribution in [0.2, 0.25) is 0 Å². The first-order chi connectivity index (χ1) is 10.1. The van der Waals surface area contributed by atoms with Crippen molar-refractivity contribution in [1.29, 1.82) is 5.26 Å². The van der Waals surface area contributed by atoms with Gasteiger partial charge in [0.1, 0.15) is 0 Å². The summed E-state index contributed by atoms with van der Waals surface area (Å²) in [4.78, 5) is 0. The largest absolute Gasteiger partial charge is 0.323 e. The third-order valence-corrected chi connectivity index (χ3v) is 4.85. The Hall–Kier alpha value is -2.52. The molecule has 1 heterocycles. The highest BCUT2D eigenvalue weighted by Crippen LogP contribution is 2.30. The van der Waals surface area contributed by atoms with Crippen LogP contribution in [0, 0.1) is 11.3 Å². The van der Waals surface area contributed by atoms with Crippen molar-refractivity contribution in [2.45, 2.75) is 6.42 Å². The van der Waals surface area contributed by atoms with Gasteiger partial charge in [-0.05, 0) is 42.3 Å². The van der Waals surface area contributed by atoms with E-state index >= 15 is 0 Å². The van der Waals surface area contributed by atoms with Gasteiger partial charge in [-0.15, -0.1) is 0 Å². The average Bonchev–Trinajstić information content (AvgIpc) is 2.92. The Morgan fingerprint density at radius 1 is 1.10 bits per heavy atom. The van der Waals surface area contributed by atoms with E-state index < -0.39 is 10.2 Å². The van der Waals surface area contributed by atoms with Gasteiger partial charge >= 0.3 is 10.2 Å². The molecule has 0 unspecified atom stereocenters. The molecule has 2 aromatic carbocycles. The van der Waals surface area contributed by atoms with Crippen LogP contribution < -0.4 is 9.03 Å². The predicted octanol–water partition coefficient (Wildman–Crippen LogP) is 2.28. The number of para-hydroxylation sites is 1. The van der Waals surface area contributed by atoms with E-state index in [0.29, 0.717) is 24.2 Å². The highest BCUT2D eigenvalue weighted by Gasteiger charge is 2.28. The number of rotatable bonds is 3. The Bertz CT molecular complexity index is 808. The molecule has 3 rings (SSSR count). The topological polar surface area (TPSA) is 73.2 Å². The van der Waals surface area contributed by atoms with E-state index in [-0.39, 0.29) is 0 Å². The van der Waals surface area contributed by atoms with Crippen molar-refractivity contribution in [2.24, 2.45) is 0 Å². The summed E-state index contributed by atoms with van der Waals surface area (Å²) in [6, 6.07) is 15.8. The first-order valence-corrected chi connectivity index (χ1v) is 7.93. The summed E-state index contributed by atoms with van der Waals surface area (Å²) in [7, 11) is -3.65. The minimum Gasteiger partial charge on any atom is -0.267 e. The van der Waals surface area contributed by atoms with Crippen LogP contribution in [-0.2, 0) is 16.6 Å². The average molecular weight is 299 g/mol. The van der Waals surface area contributed by atoms with E-state index in [1.807, 2.05) is 24.3 Å². The van der Waals surface area contributed by atoms with Gasteiger partial charge in [0, 0.05) is 6.54 Å². The van der Waals surface area contributed by atoms with Crippen molar-refractivity contribution < 1.29 is 8.42 Å². The van der Waals surface area contributed by atoms with Crippen LogP contribution in [0.4, 0.5) is 11.4 Å². The zero-order chi connectivity index (χ0) is 14.9. The number of anilines is 2. The number of fused-ring (bicyclic) bond motifs is 1. The van der Waals surface area contributed by atoms with Gasteiger partial charge in [-0.3, -0.25) is 9.03 Å². The van der Waals surface area contributed by atoms with Crippen LogP contribution >= 0.6 is 0 Å². The molecule has 0 atom stereocenters. The van der Waals surface area contributed by atoms with Crippen molar-refractivity contribution >= 4 is 21.6 Å². The molecule has 0 fully saturated rings. The number of nitriles is 1. The van der Waals surface area contributed by atoms with Crippen molar-refractivity contribution in [3.8, 4) is 6.07 Å². The normalized spacial score (nSPS) is 13.6. The molecule has 0 aliphatic carbocycles. The molecule has 0 aromatic heterocycles. The van der Waals surface area contributed by atoms with Crippen LogP contribution in [0.5, 0.6) is 0 Å². The van der Waals surface area contributed by atoms with Gasteiger partial charge < -0.3 is 0 Å². The molecule has 0 amide bonds. The van der Waals surface area contributed by atoms with Gasteiger partial charge in [0.15, 0.2) is 0 Å². The summed E-state index contributed by atoms with van der Waals surface area (Å²) >= 11 is 0. The van der Waals surface area contributed by atoms with Crippen molar-refractivity contribution in [3.05, 3.63) is 59.7 Å². The van der Waals surface area contributed by atoms with E-state index in [0.717, 1.165) is 11.3 Å². The summed E-state index contributed by atoms with van der Waals surface area (Å²) in [6.07, 6.45) is 0.713. The molecule has 1 N–H and O–H groups in total. The summed E-state index contributed by atoms with van der Waals surface area (Å²) in [5.74, 6) is 0. The Balaban J connectivity index is 1.86. The Kier molecular flexibility index (Phi) is 3.28. The van der Waals surface area contributed by atoms with Gasteiger partial charge in [-0.2, -0.15) is 13.7 Å². The maximum atomic E-state index is 12.5. The lowest BCUT2D eigenvalue weighted by Gasteiger charge is -2.20. The van der Waals surface area contributed by atoms with E-state index in [2.05, 4.69) is 4.72 Å². The van der Waals surface area contributed by atoms with Crippen molar-refractivity contribution in [1.82, 2.24) is 0 Å². The number of benzene rings is 2. The number of hydrogen-bond acceptors (Lipinski definition) is 3. The molecular formula is C15H13N3O2S. The van der Waals surface area contributed by atoms with Gasteiger partial charge in [0.25, 0.3) is 0 Å². The molecule has 0 radical (unpaired) electrons. The maximum absolute atomic E-state index is 12.5. The first-order valence-electron chi connectivity index (χ1n) is 6.49. The quantitative estimate of drug-likeness (QED) is 0.945. The second-order valence-electron chi connectivity index (χ2n) is 4.75. The lowest BCUT2D eigenvalue weighted by atomic mass is 10.2. The van der Waals surface area contributed by atoms with E-state index in [9.17, 15) is 8.42 Å². The fourth-order valence-electron chi connectivity index (χ4n) is 2.37. The molecule has 5 nitrogen and oxygen atoms in total. The van der Waals surface area contributed by atoms with Crippen LogP contribution in [-0.4, -0.2) is 15.0 Å². The molecule has 1 aliphatic rings. The van der Waals surface area contributed by atoms with Crippen molar-refractivity contribution in [3.63, 3.8) is 0 Å². The molecule has 6 heteroatoms. The maximum Gasteiger partial charge on any atom is 0.323 e. The number of hydrogen-bond donors (Lipinski definition) is 1. The monoisotopic (exact) mass is 299 g/mol. The smallest absolute Gasteiger partial charge is 0.267 e. The summed E-state index contributed by atoms with van der Waals surface area (Å²) < 4.78 is 28.9. The predicted molar refractivity (Wildman–Crippen MR) is 81.2 cm³/mol. The van der Waals surface area contributed by atoms with E-state index in [4.69, 9.17) is 5.26 Å². The minimum absolute atomic E-state index is 0.435. The first kappa shape index (κ1) is 13.5. The molecule has 106 valence electrons. The Labute approximate surface area is 123 Å². The van der Waals surface area contributed by atoms with Crippen LogP contribution in [0.25, 0.3) is 0 Å². The summed E-state index contributed by atoms with van der Waals surface area (Å²) in [5.41, 5.74) is 2.68. The molecule has 1 aliphatic heterocycles. The second kappa shape index (κ2) is 5.11. The molecule has 0 bridgehead atoms. The third-order valence-electron chi connectivity index (χ3n) is 3.40. The van der Waals surface area contributed by atoms with Gasteiger partial charge in [-0.1, -0.05) is 18.2 Å². The van der Waals surface area contributed by atoms with E-state index in [1.54, 1.807) is 30.3 Å². The van der Waals surface area contributed by atoms with Crippen LogP contribution in [0.15, 0.2) is 48.5 Å². The van der Waals surface area contributed by atoms with Crippen LogP contribution in [0.1, 0.15) is 11.1 Å². The molecular weight excluding hydrogens is 286 g/mol. The fourth-order valence-corrected chi connectivity index (χ4v) is 3.69. The lowest BCUT2D eigenvalue weighted by Crippen LogP contribution is -2.34. The SMILES string of the molecule is N#Cc1ccc(NS(=O)(=O)N2CCc3ccccc32)cc1. The molecule has 21 heavy (non-hydrogen) atoms. The Morgan fingerprint density at radius 3 is 2.52 bits per heavy atom. The molecule has 0 saturated carbocycles. The molecule has 0 saturated heterocycles. The highest BCUT2D eigenvalue weighted by molar-refractivity contribution is 7.94. The zero-order valence-electron chi connectivity index (χ0n) is 11.2. The third kappa shape index (κ3) is 2.56. The molecule has 2 aromatic rings. The van der Waals surface area contributed by atoms with Crippen LogP contribution in [0.3, 0.4) is 0 Å². The summed E-state index contributed by atoms with van der Waals surface area (Å²) in [6.45, 7) is 0.435. The zero-order valence-corrected chi connectivity index (χ0v) is 12.0.